The minimum atomic E-state index is -0.0282. The maximum Gasteiger partial charge on any atom is 1.00 e. The number of thioether (sulfide) groups is 1. The van der Waals surface area contributed by atoms with Crippen LogP contribution in [0, 0.1) is 13.3 Å². The van der Waals surface area contributed by atoms with Crippen LogP contribution in [-0.2, 0) is 4.79 Å². The van der Waals surface area contributed by atoms with E-state index in [2.05, 4.69) is 49.7 Å². The second kappa shape index (κ2) is 29.4. The number of carbonyl (C=O) groups excluding carboxylic acids is 1. The molecule has 1 fully saturated rings. The number of hydrogen-bond donors (Lipinski definition) is 1. The van der Waals surface area contributed by atoms with Crippen LogP contribution >= 0.6 is 23.4 Å². The summed E-state index contributed by atoms with van der Waals surface area (Å²) in [7, 11) is 0. The van der Waals surface area contributed by atoms with Crippen molar-refractivity contribution in [3.05, 3.63) is 102 Å². The number of halogens is 1. The van der Waals surface area contributed by atoms with Gasteiger partial charge >= 0.3 is 68.9 Å². The van der Waals surface area contributed by atoms with Gasteiger partial charge in [0.2, 0.25) is 5.91 Å². The van der Waals surface area contributed by atoms with Crippen molar-refractivity contribution in [1.82, 2.24) is 10.2 Å². The molecule has 1 atom stereocenters. The molecular formula is C33H52ClCsN2OS. The number of amides is 1. The van der Waals surface area contributed by atoms with E-state index in [4.69, 9.17) is 11.6 Å². The standard InChI is InChI=1S/C17H26N2OS.C9H18.C6H5Cl.CH3.Cs/c1-14(2)16(19-11-5-6-12-19)9-8-15(3)17(20)18-10-7-13-21-4;1-4-6-7-8-9(3)5-2;7-6-4-2-1-3-5-6;;/h7-9,13H,1,5-6,10-12H2,2-4H3,(H,18,20);7-9H,4-6H2,1-3H3;1-5H;1H3;/q;;;-1;+1/b13-7+,15-8+,16-9+;8-7-;;;/t;9-;;;/m.1.../s1. The van der Waals surface area contributed by atoms with Gasteiger partial charge in [-0.05, 0) is 74.5 Å². The molecule has 1 aromatic rings. The van der Waals surface area contributed by atoms with Gasteiger partial charge in [-0.2, -0.15) is 0 Å². The summed E-state index contributed by atoms with van der Waals surface area (Å²) < 4.78 is 0. The number of rotatable bonds is 11. The van der Waals surface area contributed by atoms with Crippen LogP contribution in [0.2, 0.25) is 5.02 Å². The summed E-state index contributed by atoms with van der Waals surface area (Å²) in [4.78, 5) is 14.3. The van der Waals surface area contributed by atoms with Crippen LogP contribution in [0.5, 0.6) is 0 Å². The van der Waals surface area contributed by atoms with E-state index in [1.54, 1.807) is 11.8 Å². The van der Waals surface area contributed by atoms with Crippen molar-refractivity contribution in [3.63, 3.8) is 0 Å². The van der Waals surface area contributed by atoms with Crippen molar-refractivity contribution >= 4 is 29.3 Å². The number of nitrogens with zero attached hydrogens (tertiary/aromatic N) is 1. The molecule has 0 unspecified atom stereocenters. The van der Waals surface area contributed by atoms with Crippen molar-refractivity contribution in [2.45, 2.75) is 66.7 Å². The van der Waals surface area contributed by atoms with Crippen molar-refractivity contribution in [1.29, 1.82) is 0 Å². The van der Waals surface area contributed by atoms with Crippen LogP contribution in [0.1, 0.15) is 66.7 Å². The quantitative estimate of drug-likeness (QED) is 0.122. The molecule has 1 aliphatic rings. The number of benzene rings is 1. The van der Waals surface area contributed by atoms with Gasteiger partial charge in [0.1, 0.15) is 0 Å². The Morgan fingerprint density at radius 1 is 1.13 bits per heavy atom. The molecule has 1 heterocycles. The molecule has 1 amide bonds. The summed E-state index contributed by atoms with van der Waals surface area (Å²) >= 11 is 7.16. The van der Waals surface area contributed by atoms with E-state index in [9.17, 15) is 4.79 Å². The zero-order chi connectivity index (χ0) is 27.9. The van der Waals surface area contributed by atoms with Crippen molar-refractivity contribution in [2.24, 2.45) is 5.92 Å². The molecule has 6 heteroatoms. The molecule has 0 aromatic heterocycles. The van der Waals surface area contributed by atoms with Gasteiger partial charge in [-0.25, -0.2) is 0 Å². The molecule has 0 bridgehead atoms. The first kappa shape index (κ1) is 43.3. The summed E-state index contributed by atoms with van der Waals surface area (Å²) in [5.74, 6) is 0.746. The molecule has 214 valence electrons. The average molecular weight is 693 g/mol. The number of likely N-dealkylation sites (tertiary alicyclic amines) is 1. The predicted molar refractivity (Wildman–Crippen MR) is 174 cm³/mol. The summed E-state index contributed by atoms with van der Waals surface area (Å²) in [6.07, 6.45) is 18.7. The molecule has 0 saturated carbocycles. The SMILES string of the molecule is C=C(C)/C(=C\C=C(/C)C(=O)NC/C=C/SC)N1CCCC1.CCC/C=C\[C@H](C)CC.Clc1ccccc1.[CH3-].[Cs+]. The van der Waals surface area contributed by atoms with Gasteiger partial charge in [0.25, 0.3) is 0 Å². The third-order valence-corrected chi connectivity index (χ3v) is 6.36. The fourth-order valence-corrected chi connectivity index (χ4v) is 3.67. The third kappa shape index (κ3) is 24.2. The van der Waals surface area contributed by atoms with Crippen LogP contribution in [0.15, 0.2) is 89.5 Å². The van der Waals surface area contributed by atoms with Crippen LogP contribution in [0.3, 0.4) is 0 Å². The van der Waals surface area contributed by atoms with E-state index >= 15 is 0 Å². The Morgan fingerprint density at radius 2 is 1.74 bits per heavy atom. The second-order valence-electron chi connectivity index (χ2n) is 9.09. The Morgan fingerprint density at radius 3 is 2.21 bits per heavy atom. The van der Waals surface area contributed by atoms with Crippen molar-refractivity contribution < 1.29 is 73.7 Å². The number of carbonyl (C=O) groups is 1. The number of unbranched alkanes of at least 4 members (excludes halogenated alkanes) is 1. The van der Waals surface area contributed by atoms with Gasteiger partial charge in [0, 0.05) is 35.9 Å². The minimum absolute atomic E-state index is 0. The molecule has 0 spiro atoms. The van der Waals surface area contributed by atoms with Gasteiger partial charge in [0.15, 0.2) is 0 Å². The van der Waals surface area contributed by atoms with E-state index in [-0.39, 0.29) is 82.2 Å². The molecule has 0 aliphatic carbocycles. The topological polar surface area (TPSA) is 32.3 Å². The Balaban J connectivity index is -0.000000595. The first-order valence-corrected chi connectivity index (χ1v) is 15.1. The maximum atomic E-state index is 11.9. The van der Waals surface area contributed by atoms with Crippen molar-refractivity contribution in [2.75, 3.05) is 25.9 Å². The smallest absolute Gasteiger partial charge is 0.371 e. The van der Waals surface area contributed by atoms with E-state index in [1.807, 2.05) is 74.1 Å². The van der Waals surface area contributed by atoms with Gasteiger partial charge in [0.05, 0.1) is 0 Å². The van der Waals surface area contributed by atoms with E-state index in [0.29, 0.717) is 12.1 Å². The number of allylic oxidation sites excluding steroid dienone is 5. The summed E-state index contributed by atoms with van der Waals surface area (Å²) in [5.41, 5.74) is 2.90. The molecule has 1 aliphatic heterocycles. The Hall–Kier alpha value is -0.118. The molecular weight excluding hydrogens is 641 g/mol. The molecule has 1 saturated heterocycles. The molecule has 39 heavy (non-hydrogen) atoms. The fraction of sp³-hybridized carbons (Fsp3) is 0.455. The summed E-state index contributed by atoms with van der Waals surface area (Å²) in [5, 5.41) is 5.63. The Labute approximate surface area is 309 Å². The Bertz CT molecular complexity index is 875. The monoisotopic (exact) mass is 692 g/mol. The van der Waals surface area contributed by atoms with Crippen molar-refractivity contribution in [3.8, 4) is 0 Å². The fourth-order valence-electron chi connectivity index (χ4n) is 3.24. The maximum absolute atomic E-state index is 11.9. The van der Waals surface area contributed by atoms with E-state index in [0.717, 1.165) is 35.3 Å². The van der Waals surface area contributed by atoms with Gasteiger partial charge in [-0.15, -0.1) is 11.8 Å². The third-order valence-electron chi connectivity index (χ3n) is 5.64. The van der Waals surface area contributed by atoms with Gasteiger partial charge < -0.3 is 17.6 Å². The zero-order valence-corrected chi connectivity index (χ0v) is 33.8. The van der Waals surface area contributed by atoms with Crippen LogP contribution < -0.4 is 74.2 Å². The molecule has 2 rings (SSSR count). The summed E-state index contributed by atoms with van der Waals surface area (Å²) in [6, 6.07) is 9.44. The molecule has 1 N–H and O–H groups in total. The molecule has 1 aromatic carbocycles. The first-order valence-electron chi connectivity index (χ1n) is 13.4. The Kier molecular flexibility index (Phi) is 32.6. The van der Waals surface area contributed by atoms with E-state index < -0.39 is 0 Å². The summed E-state index contributed by atoms with van der Waals surface area (Å²) in [6.45, 7) is 17.3. The molecule has 0 radical (unpaired) electrons. The normalized spacial score (nSPS) is 13.9. The number of hydrogen-bond acceptors (Lipinski definition) is 3. The zero-order valence-electron chi connectivity index (χ0n) is 25.9. The van der Waals surface area contributed by atoms with Crippen LogP contribution in [0.4, 0.5) is 0 Å². The van der Waals surface area contributed by atoms with E-state index in [1.165, 1.54) is 32.1 Å². The minimum Gasteiger partial charge on any atom is -0.371 e. The van der Waals surface area contributed by atoms with Crippen LogP contribution in [0.25, 0.3) is 0 Å². The van der Waals surface area contributed by atoms with Crippen LogP contribution in [-0.4, -0.2) is 36.7 Å². The first-order chi connectivity index (χ1) is 17.8. The van der Waals surface area contributed by atoms with Gasteiger partial charge in [-0.1, -0.05) is 94.3 Å². The average Bonchev–Trinajstić information content (AvgIpc) is 3.42. The largest absolute Gasteiger partial charge is 1.00 e. The predicted octanol–water partition coefficient (Wildman–Crippen LogP) is 6.66. The van der Waals surface area contributed by atoms with Gasteiger partial charge in [-0.3, -0.25) is 4.79 Å². The number of nitrogens with one attached hydrogen (secondary N) is 1. The molecule has 3 nitrogen and oxygen atoms in total. The second-order valence-corrected chi connectivity index (χ2v) is 10.3.